The van der Waals surface area contributed by atoms with Gasteiger partial charge in [0.05, 0.1) is 12.2 Å². The zero-order valence-electron chi connectivity index (χ0n) is 11.4. The third-order valence-electron chi connectivity index (χ3n) is 3.01. The van der Waals surface area contributed by atoms with E-state index in [1.165, 1.54) is 5.56 Å². The molecule has 0 aliphatic rings. The van der Waals surface area contributed by atoms with Crippen molar-refractivity contribution in [2.24, 2.45) is 0 Å². The fourth-order valence-corrected chi connectivity index (χ4v) is 1.72. The van der Waals surface area contributed by atoms with E-state index < -0.39 is 0 Å². The number of aromatic nitrogens is 2. The lowest BCUT2D eigenvalue weighted by Crippen LogP contribution is -2.18. The molecule has 0 aliphatic carbocycles. The normalized spacial score (nSPS) is 14.8. The number of ether oxygens (including phenoxy) is 1. The molecule has 98 valence electrons. The van der Waals surface area contributed by atoms with Crippen LogP contribution in [-0.2, 0) is 4.74 Å². The van der Waals surface area contributed by atoms with E-state index >= 15 is 0 Å². The maximum Gasteiger partial charge on any atom is 0.0537 e. The van der Waals surface area contributed by atoms with Gasteiger partial charge in [-0.15, -0.1) is 0 Å². The van der Waals surface area contributed by atoms with Crippen LogP contribution in [0.25, 0.3) is 0 Å². The third kappa shape index (κ3) is 4.48. The molecule has 1 N–H and O–H groups in total. The molecule has 0 saturated carbocycles. The molecule has 17 heavy (non-hydrogen) atoms. The van der Waals surface area contributed by atoms with Gasteiger partial charge in [-0.05, 0) is 33.2 Å². The van der Waals surface area contributed by atoms with Gasteiger partial charge in [0, 0.05) is 31.5 Å². The van der Waals surface area contributed by atoms with Gasteiger partial charge in [-0.25, -0.2) is 0 Å². The summed E-state index contributed by atoms with van der Waals surface area (Å²) >= 11 is 0. The highest BCUT2D eigenvalue weighted by Crippen LogP contribution is 2.15. The molecule has 0 fully saturated rings. The Bertz CT molecular complexity index is 283. The molecule has 4 nitrogen and oxygen atoms in total. The van der Waals surface area contributed by atoms with Crippen molar-refractivity contribution in [3.63, 3.8) is 0 Å². The summed E-state index contributed by atoms with van der Waals surface area (Å²) in [5.41, 5.74) is 1.25. The molecule has 0 aromatic carbocycles. The van der Waals surface area contributed by atoms with Crippen LogP contribution >= 0.6 is 0 Å². The largest absolute Gasteiger partial charge is 0.385 e. The number of hydrogen-bond acceptors (Lipinski definition) is 3. The fourth-order valence-electron chi connectivity index (χ4n) is 1.72. The van der Waals surface area contributed by atoms with Crippen molar-refractivity contribution in [3.05, 3.63) is 18.0 Å². The molecule has 0 amide bonds. The van der Waals surface area contributed by atoms with Gasteiger partial charge in [-0.2, -0.15) is 5.10 Å². The van der Waals surface area contributed by atoms with Crippen LogP contribution in [0.1, 0.15) is 51.3 Å². The molecule has 4 heteroatoms. The summed E-state index contributed by atoms with van der Waals surface area (Å²) in [7, 11) is 1.73. The zero-order valence-corrected chi connectivity index (χ0v) is 11.4. The Labute approximate surface area is 104 Å². The molecule has 2 atom stereocenters. The molecule has 1 aromatic heterocycles. The van der Waals surface area contributed by atoms with Crippen molar-refractivity contribution in [1.29, 1.82) is 0 Å². The molecule has 0 saturated heterocycles. The average Bonchev–Trinajstić information content (AvgIpc) is 2.82. The Morgan fingerprint density at radius 3 is 2.88 bits per heavy atom. The quantitative estimate of drug-likeness (QED) is 0.757. The van der Waals surface area contributed by atoms with Crippen molar-refractivity contribution in [2.75, 3.05) is 20.3 Å². The Hall–Kier alpha value is -0.870. The topological polar surface area (TPSA) is 39.1 Å². The Kier molecular flexibility index (Phi) is 6.22. The van der Waals surface area contributed by atoms with E-state index in [4.69, 9.17) is 4.74 Å². The van der Waals surface area contributed by atoms with E-state index in [1.54, 1.807) is 7.11 Å². The number of nitrogens with zero attached hydrogens (tertiary/aromatic N) is 2. The van der Waals surface area contributed by atoms with E-state index in [0.29, 0.717) is 12.1 Å². The van der Waals surface area contributed by atoms with Crippen LogP contribution in [0.2, 0.25) is 0 Å². The predicted octanol–water partition coefficient (Wildman–Crippen LogP) is 2.54. The van der Waals surface area contributed by atoms with Crippen LogP contribution in [0.5, 0.6) is 0 Å². The van der Waals surface area contributed by atoms with Gasteiger partial charge in [-0.1, -0.05) is 6.92 Å². The molecule has 0 spiro atoms. The van der Waals surface area contributed by atoms with E-state index in [1.807, 2.05) is 10.9 Å². The molecule has 1 rings (SSSR count). The van der Waals surface area contributed by atoms with Gasteiger partial charge in [0.15, 0.2) is 0 Å². The highest BCUT2D eigenvalue weighted by Gasteiger charge is 2.10. The van der Waals surface area contributed by atoms with E-state index in [-0.39, 0.29) is 0 Å². The SMILES string of the molecule is CCCNC(C)c1cnn(C(C)CCOC)c1. The van der Waals surface area contributed by atoms with Crippen LogP contribution in [-0.4, -0.2) is 30.0 Å². The summed E-state index contributed by atoms with van der Waals surface area (Å²) in [4.78, 5) is 0. The van der Waals surface area contributed by atoms with Gasteiger partial charge >= 0.3 is 0 Å². The number of methoxy groups -OCH3 is 1. The van der Waals surface area contributed by atoms with Gasteiger partial charge in [-0.3, -0.25) is 4.68 Å². The van der Waals surface area contributed by atoms with Crippen molar-refractivity contribution < 1.29 is 4.74 Å². The molecule has 0 radical (unpaired) electrons. The minimum absolute atomic E-state index is 0.373. The monoisotopic (exact) mass is 239 g/mol. The second kappa shape index (κ2) is 7.45. The first-order valence-corrected chi connectivity index (χ1v) is 6.45. The number of rotatable bonds is 8. The van der Waals surface area contributed by atoms with Crippen LogP contribution in [0, 0.1) is 0 Å². The number of hydrogen-bond donors (Lipinski definition) is 1. The Morgan fingerprint density at radius 2 is 2.24 bits per heavy atom. The Balaban J connectivity index is 2.51. The number of nitrogens with one attached hydrogen (secondary N) is 1. The predicted molar refractivity (Wildman–Crippen MR) is 70.1 cm³/mol. The average molecular weight is 239 g/mol. The van der Waals surface area contributed by atoms with Crippen molar-refractivity contribution in [2.45, 2.75) is 45.7 Å². The summed E-state index contributed by atoms with van der Waals surface area (Å²) in [5, 5.41) is 7.89. The van der Waals surface area contributed by atoms with Crippen molar-refractivity contribution >= 4 is 0 Å². The summed E-state index contributed by atoms with van der Waals surface area (Å²) in [6.45, 7) is 8.35. The van der Waals surface area contributed by atoms with Crippen LogP contribution in [0.15, 0.2) is 12.4 Å². The molecule has 0 bridgehead atoms. The fraction of sp³-hybridized carbons (Fsp3) is 0.769. The van der Waals surface area contributed by atoms with Gasteiger partial charge in [0.2, 0.25) is 0 Å². The first-order valence-electron chi connectivity index (χ1n) is 6.45. The van der Waals surface area contributed by atoms with E-state index in [2.05, 4.69) is 37.4 Å². The molecule has 2 unspecified atom stereocenters. The minimum atomic E-state index is 0.373. The van der Waals surface area contributed by atoms with Gasteiger partial charge < -0.3 is 10.1 Å². The van der Waals surface area contributed by atoms with Crippen LogP contribution in [0.3, 0.4) is 0 Å². The maximum absolute atomic E-state index is 5.09. The highest BCUT2D eigenvalue weighted by molar-refractivity contribution is 5.09. The first kappa shape index (κ1) is 14.2. The second-order valence-corrected chi connectivity index (χ2v) is 4.56. The van der Waals surface area contributed by atoms with Gasteiger partial charge in [0.25, 0.3) is 0 Å². The highest BCUT2D eigenvalue weighted by atomic mass is 16.5. The van der Waals surface area contributed by atoms with Crippen molar-refractivity contribution in [3.8, 4) is 0 Å². The lowest BCUT2D eigenvalue weighted by atomic mass is 10.2. The van der Waals surface area contributed by atoms with Crippen molar-refractivity contribution in [1.82, 2.24) is 15.1 Å². The minimum Gasteiger partial charge on any atom is -0.385 e. The summed E-state index contributed by atoms with van der Waals surface area (Å²) in [6, 6.07) is 0.764. The van der Waals surface area contributed by atoms with Crippen LogP contribution in [0.4, 0.5) is 0 Å². The van der Waals surface area contributed by atoms with Gasteiger partial charge in [0.1, 0.15) is 0 Å². The zero-order chi connectivity index (χ0) is 12.7. The first-order chi connectivity index (χ1) is 8.19. The summed E-state index contributed by atoms with van der Waals surface area (Å²) in [5.74, 6) is 0. The summed E-state index contributed by atoms with van der Waals surface area (Å²) in [6.07, 6.45) is 6.24. The summed E-state index contributed by atoms with van der Waals surface area (Å²) < 4.78 is 7.11. The maximum atomic E-state index is 5.09. The lowest BCUT2D eigenvalue weighted by molar-refractivity contribution is 0.178. The smallest absolute Gasteiger partial charge is 0.0537 e. The Morgan fingerprint density at radius 1 is 1.47 bits per heavy atom. The molecule has 1 heterocycles. The third-order valence-corrected chi connectivity index (χ3v) is 3.01. The van der Waals surface area contributed by atoms with Crippen LogP contribution < -0.4 is 5.32 Å². The molecule has 1 aromatic rings. The molecular weight excluding hydrogens is 214 g/mol. The van der Waals surface area contributed by atoms with E-state index in [9.17, 15) is 0 Å². The standard InChI is InChI=1S/C13H25N3O/c1-5-7-14-12(3)13-9-15-16(10-13)11(2)6-8-17-4/h9-12,14H,5-8H2,1-4H3. The molecule has 0 aliphatic heterocycles. The molecular formula is C13H25N3O. The second-order valence-electron chi connectivity index (χ2n) is 4.56. The van der Waals surface area contributed by atoms with E-state index in [0.717, 1.165) is 26.0 Å². The lowest BCUT2D eigenvalue weighted by Gasteiger charge is -2.12.